The van der Waals surface area contributed by atoms with Crippen molar-refractivity contribution < 1.29 is 32.6 Å². The largest absolute Gasteiger partial charge is 0.573 e. The Labute approximate surface area is 211 Å². The molecule has 1 aliphatic heterocycles. The number of aliphatic hydroxyl groups excluding tert-OH is 1. The quantitative estimate of drug-likeness (QED) is 0.260. The molecule has 2 heterocycles. The van der Waals surface area contributed by atoms with Gasteiger partial charge in [0.05, 0.1) is 17.3 Å². The van der Waals surface area contributed by atoms with Crippen LogP contribution in [-0.4, -0.2) is 33.4 Å². The molecule has 7 nitrogen and oxygen atoms in total. The van der Waals surface area contributed by atoms with Crippen LogP contribution in [0.5, 0.6) is 5.75 Å². The minimum absolute atomic E-state index is 0.0640. The van der Waals surface area contributed by atoms with Crippen molar-refractivity contribution >= 4 is 23.3 Å². The number of ether oxygens (including phenoxy) is 1. The molecule has 4 rings (SSSR count). The summed E-state index contributed by atoms with van der Waals surface area (Å²) in [6.45, 7) is 5.90. The highest BCUT2D eigenvalue weighted by atomic mass is 19.4. The Kier molecular flexibility index (Phi) is 7.02. The Bertz CT molecular complexity index is 1330. The van der Waals surface area contributed by atoms with Crippen LogP contribution >= 0.6 is 0 Å². The summed E-state index contributed by atoms with van der Waals surface area (Å²) in [5, 5.41) is 19.3. The number of alkyl halides is 3. The fourth-order valence-corrected chi connectivity index (χ4v) is 4.09. The molecule has 0 spiro atoms. The Morgan fingerprint density at radius 3 is 2.16 bits per heavy atom. The van der Waals surface area contributed by atoms with Gasteiger partial charge in [-0.25, -0.2) is 0 Å². The first-order valence-corrected chi connectivity index (χ1v) is 11.6. The van der Waals surface area contributed by atoms with Gasteiger partial charge in [-0.3, -0.25) is 14.5 Å². The molecule has 0 bridgehead atoms. The lowest BCUT2D eigenvalue weighted by Gasteiger charge is -2.24. The van der Waals surface area contributed by atoms with E-state index in [0.29, 0.717) is 17.7 Å². The molecule has 2 aromatic carbocycles. The van der Waals surface area contributed by atoms with Gasteiger partial charge in [0.15, 0.2) is 5.82 Å². The summed E-state index contributed by atoms with van der Waals surface area (Å²) in [5.74, 6) is -2.47. The van der Waals surface area contributed by atoms with Gasteiger partial charge >= 0.3 is 12.3 Å². The second kappa shape index (κ2) is 10.0. The number of aromatic nitrogens is 2. The molecule has 1 N–H and O–H groups in total. The molecule has 3 aromatic rings. The maximum atomic E-state index is 13.2. The molecular formula is C27H24F3N3O4. The summed E-state index contributed by atoms with van der Waals surface area (Å²) < 4.78 is 41.9. The maximum Gasteiger partial charge on any atom is 0.573 e. The Morgan fingerprint density at radius 1 is 1.00 bits per heavy atom. The molecule has 0 radical (unpaired) electrons. The number of aliphatic hydroxyl groups is 1. The van der Waals surface area contributed by atoms with E-state index in [1.165, 1.54) is 18.2 Å². The summed E-state index contributed by atoms with van der Waals surface area (Å²) in [6.07, 6.45) is -4.28. The van der Waals surface area contributed by atoms with Crippen molar-refractivity contribution in [3.8, 4) is 5.75 Å². The molecule has 37 heavy (non-hydrogen) atoms. The van der Waals surface area contributed by atoms with Gasteiger partial charge in [0.1, 0.15) is 11.5 Å². The van der Waals surface area contributed by atoms with Crippen molar-refractivity contribution in [3.63, 3.8) is 0 Å². The van der Waals surface area contributed by atoms with E-state index < -0.39 is 35.6 Å². The first-order chi connectivity index (χ1) is 17.5. The SMILES string of the molecule is CCc1ccc(N2C(=O)C(=O)C(=C(O)c3ccc(C(C)C)cc3)C2c2ccc(OC(F)(F)F)cc2)nn1. The lowest BCUT2D eigenvalue weighted by Crippen LogP contribution is -2.30. The first kappa shape index (κ1) is 25.9. The summed E-state index contributed by atoms with van der Waals surface area (Å²) in [6, 6.07) is 13.7. The molecular weight excluding hydrogens is 487 g/mol. The molecule has 10 heteroatoms. The van der Waals surface area contributed by atoms with Gasteiger partial charge < -0.3 is 9.84 Å². The Hall–Kier alpha value is -4.21. The number of rotatable bonds is 6. The normalized spacial score (nSPS) is 17.5. The molecule has 1 aromatic heterocycles. The molecule has 0 aliphatic carbocycles. The van der Waals surface area contributed by atoms with Crippen molar-refractivity contribution in [1.82, 2.24) is 10.2 Å². The predicted octanol–water partition coefficient (Wildman–Crippen LogP) is 5.69. The molecule has 1 fully saturated rings. The van der Waals surface area contributed by atoms with Gasteiger partial charge in [-0.1, -0.05) is 57.2 Å². The number of amides is 1. The van der Waals surface area contributed by atoms with E-state index in [2.05, 4.69) is 14.9 Å². The number of hydrogen-bond acceptors (Lipinski definition) is 6. The predicted molar refractivity (Wildman–Crippen MR) is 130 cm³/mol. The fourth-order valence-electron chi connectivity index (χ4n) is 4.09. The van der Waals surface area contributed by atoms with Crippen LogP contribution in [-0.2, 0) is 16.0 Å². The van der Waals surface area contributed by atoms with Crippen molar-refractivity contribution in [2.45, 2.75) is 45.5 Å². The molecule has 192 valence electrons. The summed E-state index contributed by atoms with van der Waals surface area (Å²) in [5.41, 5.74) is 2.05. The van der Waals surface area contributed by atoms with Crippen LogP contribution in [0.4, 0.5) is 19.0 Å². The van der Waals surface area contributed by atoms with E-state index in [1.807, 2.05) is 32.9 Å². The van der Waals surface area contributed by atoms with Crippen LogP contribution in [0.1, 0.15) is 55.1 Å². The number of ketones is 1. The number of carbonyl (C=O) groups excluding carboxylic acids is 2. The van der Waals surface area contributed by atoms with E-state index in [-0.39, 0.29) is 22.9 Å². The number of nitrogens with zero attached hydrogens (tertiary/aromatic N) is 3. The second-order valence-electron chi connectivity index (χ2n) is 8.80. The number of Topliss-reactive ketones (excluding diaryl/α,β-unsaturated/α-hetero) is 1. The third-order valence-electron chi connectivity index (χ3n) is 6.04. The van der Waals surface area contributed by atoms with Crippen molar-refractivity contribution in [2.24, 2.45) is 0 Å². The number of aryl methyl sites for hydroxylation is 1. The highest BCUT2D eigenvalue weighted by molar-refractivity contribution is 6.51. The minimum atomic E-state index is -4.88. The highest BCUT2D eigenvalue weighted by Gasteiger charge is 2.47. The minimum Gasteiger partial charge on any atom is -0.507 e. The van der Waals surface area contributed by atoms with Crippen LogP contribution in [0.25, 0.3) is 5.76 Å². The monoisotopic (exact) mass is 511 g/mol. The topological polar surface area (TPSA) is 92.6 Å². The lowest BCUT2D eigenvalue weighted by atomic mass is 9.94. The van der Waals surface area contributed by atoms with Gasteiger partial charge in [-0.2, -0.15) is 5.10 Å². The third-order valence-corrected chi connectivity index (χ3v) is 6.04. The van der Waals surface area contributed by atoms with Crippen LogP contribution < -0.4 is 9.64 Å². The first-order valence-electron chi connectivity index (χ1n) is 11.6. The summed E-state index contributed by atoms with van der Waals surface area (Å²) in [7, 11) is 0. The number of benzene rings is 2. The van der Waals surface area contributed by atoms with Gasteiger partial charge in [-0.15, -0.1) is 18.3 Å². The van der Waals surface area contributed by atoms with Crippen LogP contribution in [0, 0.1) is 0 Å². The van der Waals surface area contributed by atoms with E-state index in [0.717, 1.165) is 22.6 Å². The van der Waals surface area contributed by atoms with Crippen LogP contribution in [0.15, 0.2) is 66.2 Å². The van der Waals surface area contributed by atoms with Gasteiger partial charge in [0.2, 0.25) is 0 Å². The molecule has 1 atom stereocenters. The van der Waals surface area contributed by atoms with E-state index in [9.17, 15) is 27.9 Å². The van der Waals surface area contributed by atoms with Gasteiger partial charge in [0.25, 0.3) is 5.78 Å². The zero-order chi connectivity index (χ0) is 26.9. The maximum absolute atomic E-state index is 13.2. The average Bonchev–Trinajstić information content (AvgIpc) is 3.13. The summed E-state index contributed by atoms with van der Waals surface area (Å²) in [4.78, 5) is 27.5. The second-order valence-corrected chi connectivity index (χ2v) is 8.80. The third kappa shape index (κ3) is 5.32. The number of halogens is 3. The molecule has 1 amide bonds. The van der Waals surface area contributed by atoms with E-state index >= 15 is 0 Å². The zero-order valence-corrected chi connectivity index (χ0v) is 20.3. The van der Waals surface area contributed by atoms with Crippen molar-refractivity contribution in [1.29, 1.82) is 0 Å². The van der Waals surface area contributed by atoms with Crippen molar-refractivity contribution in [2.75, 3.05) is 4.90 Å². The van der Waals surface area contributed by atoms with Gasteiger partial charge in [0, 0.05) is 5.56 Å². The number of carbonyl (C=O) groups is 2. The van der Waals surface area contributed by atoms with Crippen LogP contribution in [0.2, 0.25) is 0 Å². The average molecular weight is 512 g/mol. The molecule has 1 aliphatic rings. The molecule has 0 saturated carbocycles. The Morgan fingerprint density at radius 2 is 1.65 bits per heavy atom. The highest BCUT2D eigenvalue weighted by Crippen LogP contribution is 2.42. The Balaban J connectivity index is 1.85. The number of anilines is 1. The van der Waals surface area contributed by atoms with Crippen molar-refractivity contribution in [3.05, 3.63) is 88.6 Å². The lowest BCUT2D eigenvalue weighted by molar-refractivity contribution is -0.274. The standard InChI is InChI=1S/C27H24F3N3O4/c1-4-19-11-14-21(32-31-19)33-23(17-9-12-20(13-10-17)37-27(28,29)30)22(25(35)26(33)36)24(34)18-7-5-16(6-8-18)15(2)3/h5-15,23,34H,4H2,1-3H3. The van der Waals surface area contributed by atoms with E-state index in [4.69, 9.17) is 0 Å². The van der Waals surface area contributed by atoms with Crippen LogP contribution in [0.3, 0.4) is 0 Å². The number of hydrogen-bond donors (Lipinski definition) is 1. The van der Waals surface area contributed by atoms with E-state index in [1.54, 1.807) is 18.2 Å². The fraction of sp³-hybridized carbons (Fsp3) is 0.259. The molecule has 1 saturated heterocycles. The zero-order valence-electron chi connectivity index (χ0n) is 20.3. The smallest absolute Gasteiger partial charge is 0.507 e. The summed E-state index contributed by atoms with van der Waals surface area (Å²) >= 11 is 0. The van der Waals surface area contributed by atoms with Gasteiger partial charge in [-0.05, 0) is 47.7 Å². The molecule has 1 unspecified atom stereocenters.